The fourth-order valence-corrected chi connectivity index (χ4v) is 3.92. The summed E-state index contributed by atoms with van der Waals surface area (Å²) >= 11 is 2.01. The van der Waals surface area contributed by atoms with Crippen molar-refractivity contribution in [1.29, 1.82) is 0 Å². The van der Waals surface area contributed by atoms with Gasteiger partial charge in [0.15, 0.2) is 0 Å². The molecule has 0 aromatic carbocycles. The Morgan fingerprint density at radius 1 is 1.37 bits per heavy atom. The fraction of sp³-hybridized carbons (Fsp3) is 0.857. The molecule has 0 aliphatic carbocycles. The minimum Gasteiger partial charge on any atom is -0.305 e. The van der Waals surface area contributed by atoms with Crippen LogP contribution in [0.4, 0.5) is 0 Å². The Hall–Kier alpha value is -0.550. The zero-order chi connectivity index (χ0) is 13.8. The third-order valence-corrected chi connectivity index (χ3v) is 5.26. The van der Waals surface area contributed by atoms with E-state index in [9.17, 15) is 9.59 Å². The number of thioether (sulfide) groups is 1. The van der Waals surface area contributed by atoms with Gasteiger partial charge in [-0.25, -0.2) is 0 Å². The van der Waals surface area contributed by atoms with Crippen LogP contribution in [0.1, 0.15) is 39.5 Å². The lowest BCUT2D eigenvalue weighted by Crippen LogP contribution is -2.44. The zero-order valence-corrected chi connectivity index (χ0v) is 12.7. The van der Waals surface area contributed by atoms with E-state index < -0.39 is 0 Å². The third-order valence-electron chi connectivity index (χ3n) is 4.21. The van der Waals surface area contributed by atoms with Gasteiger partial charge in [-0.15, -0.1) is 0 Å². The van der Waals surface area contributed by atoms with Crippen molar-refractivity contribution in [3.63, 3.8) is 0 Å². The first-order valence-electron chi connectivity index (χ1n) is 7.30. The predicted molar refractivity (Wildman–Crippen MR) is 78.1 cm³/mol. The highest BCUT2D eigenvalue weighted by atomic mass is 32.2. The average Bonchev–Trinajstić information content (AvgIpc) is 2.71. The molecule has 2 heterocycles. The molecule has 2 atom stereocenters. The van der Waals surface area contributed by atoms with Gasteiger partial charge in [0.25, 0.3) is 0 Å². The molecular weight excluding hydrogens is 260 g/mol. The van der Waals surface area contributed by atoms with Crippen LogP contribution in [0.25, 0.3) is 0 Å². The van der Waals surface area contributed by atoms with Crippen LogP contribution >= 0.6 is 11.8 Å². The lowest BCUT2D eigenvalue weighted by atomic mass is 10.0. The summed E-state index contributed by atoms with van der Waals surface area (Å²) in [5.74, 6) is 3.08. The summed E-state index contributed by atoms with van der Waals surface area (Å²) in [6.45, 7) is 4.82. The highest BCUT2D eigenvalue weighted by Crippen LogP contribution is 2.23. The van der Waals surface area contributed by atoms with Gasteiger partial charge < -0.3 is 5.32 Å². The molecule has 2 aliphatic heterocycles. The average molecular weight is 284 g/mol. The van der Waals surface area contributed by atoms with E-state index in [1.807, 2.05) is 25.6 Å². The van der Waals surface area contributed by atoms with E-state index in [1.54, 1.807) is 0 Å². The molecule has 0 aromatic heterocycles. The van der Waals surface area contributed by atoms with Gasteiger partial charge in [0.1, 0.15) is 0 Å². The summed E-state index contributed by atoms with van der Waals surface area (Å²) in [6.07, 6.45) is 3.61. The normalized spacial score (nSPS) is 27.1. The van der Waals surface area contributed by atoms with Crippen molar-refractivity contribution in [1.82, 2.24) is 10.2 Å². The third kappa shape index (κ3) is 3.51. The van der Waals surface area contributed by atoms with Crippen molar-refractivity contribution in [2.24, 2.45) is 5.92 Å². The van der Waals surface area contributed by atoms with Crippen LogP contribution < -0.4 is 5.32 Å². The van der Waals surface area contributed by atoms with E-state index in [0.717, 1.165) is 13.0 Å². The quantitative estimate of drug-likeness (QED) is 0.780. The summed E-state index contributed by atoms with van der Waals surface area (Å²) in [7, 11) is 0. The number of hydrogen-bond acceptors (Lipinski definition) is 4. The largest absolute Gasteiger partial charge is 0.305 e. The Balaban J connectivity index is 1.84. The SMILES string of the molecule is CCC(C)N1C(=O)CC(NCC2CCSCC2)C1=O. The molecule has 2 aliphatic rings. The van der Waals surface area contributed by atoms with Crippen molar-refractivity contribution < 1.29 is 9.59 Å². The smallest absolute Gasteiger partial charge is 0.247 e. The molecule has 0 spiro atoms. The molecule has 2 rings (SSSR count). The van der Waals surface area contributed by atoms with Crippen molar-refractivity contribution in [3.8, 4) is 0 Å². The maximum Gasteiger partial charge on any atom is 0.247 e. The second-order valence-corrected chi connectivity index (χ2v) is 6.80. The lowest BCUT2D eigenvalue weighted by molar-refractivity contribution is -0.141. The number of nitrogens with one attached hydrogen (secondary N) is 1. The maximum atomic E-state index is 12.2. The van der Waals surface area contributed by atoms with E-state index in [2.05, 4.69) is 5.32 Å². The number of rotatable bonds is 5. The lowest BCUT2D eigenvalue weighted by Gasteiger charge is -2.24. The molecule has 0 bridgehead atoms. The second-order valence-electron chi connectivity index (χ2n) is 5.58. The van der Waals surface area contributed by atoms with Crippen molar-refractivity contribution in [3.05, 3.63) is 0 Å². The topological polar surface area (TPSA) is 49.4 Å². The fourth-order valence-electron chi connectivity index (χ4n) is 2.72. The van der Waals surface area contributed by atoms with Crippen LogP contribution in [0, 0.1) is 5.92 Å². The Kier molecular flexibility index (Phi) is 5.28. The number of likely N-dealkylation sites (tertiary alicyclic amines) is 1. The molecule has 1 N–H and O–H groups in total. The molecule has 2 fully saturated rings. The van der Waals surface area contributed by atoms with Crippen LogP contribution in [0.5, 0.6) is 0 Å². The number of carbonyl (C=O) groups excluding carboxylic acids is 2. The Labute approximate surface area is 119 Å². The summed E-state index contributed by atoms with van der Waals surface area (Å²) in [5, 5.41) is 3.32. The van der Waals surface area contributed by atoms with Crippen LogP contribution in [0.2, 0.25) is 0 Å². The van der Waals surface area contributed by atoms with Gasteiger partial charge >= 0.3 is 0 Å². The first-order valence-corrected chi connectivity index (χ1v) is 8.46. The monoisotopic (exact) mass is 284 g/mol. The molecule has 0 aromatic rings. The van der Waals surface area contributed by atoms with Crippen LogP contribution in [0.15, 0.2) is 0 Å². The van der Waals surface area contributed by atoms with Gasteiger partial charge in [0, 0.05) is 6.04 Å². The Morgan fingerprint density at radius 2 is 2.05 bits per heavy atom. The molecular formula is C14H24N2O2S. The van der Waals surface area contributed by atoms with E-state index in [4.69, 9.17) is 0 Å². The Bertz CT molecular complexity index is 342. The van der Waals surface area contributed by atoms with Gasteiger partial charge in [0.05, 0.1) is 12.5 Å². The summed E-state index contributed by atoms with van der Waals surface area (Å²) in [6, 6.07) is -0.256. The summed E-state index contributed by atoms with van der Waals surface area (Å²) in [5.41, 5.74) is 0. The van der Waals surface area contributed by atoms with Crippen molar-refractivity contribution >= 4 is 23.6 Å². The van der Waals surface area contributed by atoms with E-state index in [-0.39, 0.29) is 23.9 Å². The minimum atomic E-state index is -0.281. The molecule has 0 radical (unpaired) electrons. The van der Waals surface area contributed by atoms with Crippen LogP contribution in [-0.2, 0) is 9.59 Å². The molecule has 2 amide bonds. The second kappa shape index (κ2) is 6.75. The number of imide groups is 1. The van der Waals surface area contributed by atoms with Crippen LogP contribution in [0.3, 0.4) is 0 Å². The molecule has 108 valence electrons. The van der Waals surface area contributed by atoms with Gasteiger partial charge in [0.2, 0.25) is 11.8 Å². The Morgan fingerprint density at radius 3 is 2.68 bits per heavy atom. The summed E-state index contributed by atoms with van der Waals surface area (Å²) < 4.78 is 0. The first kappa shape index (κ1) is 14.9. The van der Waals surface area contributed by atoms with Crippen LogP contribution in [-0.4, -0.2) is 46.8 Å². The van der Waals surface area contributed by atoms with E-state index in [0.29, 0.717) is 12.3 Å². The number of hydrogen-bond donors (Lipinski definition) is 1. The van der Waals surface area contributed by atoms with E-state index >= 15 is 0 Å². The molecule has 2 unspecified atom stereocenters. The van der Waals surface area contributed by atoms with Crippen molar-refractivity contribution in [2.75, 3.05) is 18.1 Å². The molecule has 19 heavy (non-hydrogen) atoms. The first-order chi connectivity index (χ1) is 9.13. The van der Waals surface area contributed by atoms with Crippen molar-refractivity contribution in [2.45, 2.75) is 51.6 Å². The number of carbonyl (C=O) groups is 2. The molecule has 0 saturated carbocycles. The van der Waals surface area contributed by atoms with E-state index in [1.165, 1.54) is 29.2 Å². The number of nitrogens with zero attached hydrogens (tertiary/aromatic N) is 1. The minimum absolute atomic E-state index is 0.0175. The predicted octanol–water partition coefficient (Wildman–Crippen LogP) is 1.65. The summed E-state index contributed by atoms with van der Waals surface area (Å²) in [4.78, 5) is 25.6. The van der Waals surface area contributed by atoms with Gasteiger partial charge in [-0.1, -0.05) is 6.92 Å². The van der Waals surface area contributed by atoms with Gasteiger partial charge in [-0.05, 0) is 50.2 Å². The highest BCUT2D eigenvalue weighted by molar-refractivity contribution is 7.99. The van der Waals surface area contributed by atoms with Gasteiger partial charge in [-0.2, -0.15) is 11.8 Å². The zero-order valence-electron chi connectivity index (χ0n) is 11.9. The number of amides is 2. The molecule has 2 saturated heterocycles. The highest BCUT2D eigenvalue weighted by Gasteiger charge is 2.40. The van der Waals surface area contributed by atoms with Gasteiger partial charge in [-0.3, -0.25) is 14.5 Å². The molecule has 4 nitrogen and oxygen atoms in total. The maximum absolute atomic E-state index is 12.2. The molecule has 5 heteroatoms. The standard InChI is InChI=1S/C14H24N2O2S/c1-3-10(2)16-13(17)8-12(14(16)18)15-9-11-4-6-19-7-5-11/h10-12,15H,3-9H2,1-2H3.